The average Bonchev–Trinajstić information content (AvgIpc) is 2.44. The topological polar surface area (TPSA) is 64.7 Å². The quantitative estimate of drug-likeness (QED) is 0.815. The van der Waals surface area contributed by atoms with Gasteiger partial charge in [-0.15, -0.1) is 0 Å². The zero-order valence-corrected chi connectivity index (χ0v) is 10.8. The largest absolute Gasteiger partial charge is 0.497 e. The zero-order valence-electron chi connectivity index (χ0n) is 10.8. The highest BCUT2D eigenvalue weighted by Crippen LogP contribution is 2.33. The molecular formula is C14H21NO3. The van der Waals surface area contributed by atoms with E-state index in [1.807, 2.05) is 6.07 Å². The van der Waals surface area contributed by atoms with Crippen molar-refractivity contribution in [3.63, 3.8) is 0 Å². The molecule has 4 heteroatoms. The Labute approximate surface area is 108 Å². The van der Waals surface area contributed by atoms with Gasteiger partial charge in [0.05, 0.1) is 25.9 Å². The van der Waals surface area contributed by atoms with Crippen LogP contribution in [0.25, 0.3) is 0 Å². The first-order chi connectivity index (χ1) is 8.73. The van der Waals surface area contributed by atoms with Crippen molar-refractivity contribution in [3.05, 3.63) is 29.3 Å². The monoisotopic (exact) mass is 251 g/mol. The molecule has 0 aliphatic heterocycles. The molecule has 0 saturated heterocycles. The van der Waals surface area contributed by atoms with E-state index in [0.717, 1.165) is 25.0 Å². The summed E-state index contributed by atoms with van der Waals surface area (Å²) in [6.45, 7) is 0.854. The van der Waals surface area contributed by atoms with Gasteiger partial charge in [-0.1, -0.05) is 6.07 Å². The molecule has 0 aromatic heterocycles. The number of ether oxygens (including phenoxy) is 2. The van der Waals surface area contributed by atoms with E-state index < -0.39 is 0 Å². The second-order valence-corrected chi connectivity index (χ2v) is 4.77. The number of rotatable bonds is 5. The Bertz CT molecular complexity index is 408. The molecule has 1 unspecified atom stereocenters. The summed E-state index contributed by atoms with van der Waals surface area (Å²) in [7, 11) is 1.67. The average molecular weight is 251 g/mol. The fourth-order valence-corrected chi connectivity index (χ4v) is 2.55. The summed E-state index contributed by atoms with van der Waals surface area (Å²) in [5.74, 6) is 0.865. The summed E-state index contributed by atoms with van der Waals surface area (Å²) in [5, 5.41) is 8.90. The third-order valence-corrected chi connectivity index (χ3v) is 3.65. The van der Waals surface area contributed by atoms with Crippen molar-refractivity contribution in [2.45, 2.75) is 24.9 Å². The van der Waals surface area contributed by atoms with Crippen LogP contribution in [0.15, 0.2) is 18.2 Å². The normalized spacial score (nSPS) is 22.6. The molecule has 0 radical (unpaired) electrons. The lowest BCUT2D eigenvalue weighted by Gasteiger charge is -2.37. The molecule has 18 heavy (non-hydrogen) atoms. The van der Waals surface area contributed by atoms with Crippen LogP contribution < -0.4 is 10.5 Å². The molecule has 0 amide bonds. The summed E-state index contributed by atoms with van der Waals surface area (Å²) in [4.78, 5) is 0. The van der Waals surface area contributed by atoms with Gasteiger partial charge in [-0.2, -0.15) is 0 Å². The van der Waals surface area contributed by atoms with Crippen LogP contribution >= 0.6 is 0 Å². The maximum atomic E-state index is 8.90. The van der Waals surface area contributed by atoms with Crippen LogP contribution in [0.3, 0.4) is 0 Å². The fourth-order valence-electron chi connectivity index (χ4n) is 2.55. The molecule has 1 aliphatic rings. The number of aliphatic hydroxyl groups is 1. The molecule has 1 aliphatic carbocycles. The Hall–Kier alpha value is -1.10. The minimum absolute atomic E-state index is 0.0344. The van der Waals surface area contributed by atoms with E-state index in [4.69, 9.17) is 20.3 Å². The zero-order chi connectivity index (χ0) is 13.0. The molecule has 0 spiro atoms. The number of methoxy groups -OCH3 is 1. The highest BCUT2D eigenvalue weighted by atomic mass is 16.5. The minimum Gasteiger partial charge on any atom is -0.497 e. The lowest BCUT2D eigenvalue weighted by atomic mass is 9.80. The van der Waals surface area contributed by atoms with E-state index in [-0.39, 0.29) is 12.2 Å². The van der Waals surface area contributed by atoms with E-state index in [0.29, 0.717) is 13.2 Å². The SMILES string of the molecule is COc1ccc2c(c1)CC(CN)(OCCO)CC2. The van der Waals surface area contributed by atoms with Crippen LogP contribution in [0.4, 0.5) is 0 Å². The molecule has 1 atom stereocenters. The van der Waals surface area contributed by atoms with Crippen molar-refractivity contribution in [1.29, 1.82) is 0 Å². The van der Waals surface area contributed by atoms with Gasteiger partial charge in [0.25, 0.3) is 0 Å². The van der Waals surface area contributed by atoms with Crippen molar-refractivity contribution < 1.29 is 14.6 Å². The van der Waals surface area contributed by atoms with Crippen LogP contribution in [0, 0.1) is 0 Å². The first kappa shape index (κ1) is 13.3. The summed E-state index contributed by atoms with van der Waals surface area (Å²) < 4.78 is 11.0. The lowest BCUT2D eigenvalue weighted by Crippen LogP contribution is -2.46. The summed E-state index contributed by atoms with van der Waals surface area (Å²) in [6.07, 6.45) is 2.65. The number of hydrogen-bond donors (Lipinski definition) is 2. The molecule has 4 nitrogen and oxygen atoms in total. The van der Waals surface area contributed by atoms with Gasteiger partial charge in [-0.25, -0.2) is 0 Å². The van der Waals surface area contributed by atoms with Crippen LogP contribution in [0.2, 0.25) is 0 Å². The summed E-state index contributed by atoms with van der Waals surface area (Å²) >= 11 is 0. The Kier molecular flexibility index (Phi) is 4.22. The predicted molar refractivity (Wildman–Crippen MR) is 69.8 cm³/mol. The lowest BCUT2D eigenvalue weighted by molar-refractivity contribution is -0.0602. The predicted octanol–water partition coefficient (Wildman–Crippen LogP) is 0.890. The Morgan fingerprint density at radius 2 is 2.22 bits per heavy atom. The van der Waals surface area contributed by atoms with Crippen molar-refractivity contribution in [1.82, 2.24) is 0 Å². The molecule has 1 aromatic carbocycles. The standard InChI is InChI=1S/C14H21NO3/c1-17-13-3-2-11-4-5-14(10-15,18-7-6-16)9-12(11)8-13/h2-3,8,16H,4-7,9-10,15H2,1H3. The molecule has 0 heterocycles. The summed E-state index contributed by atoms with van der Waals surface area (Å²) in [5.41, 5.74) is 8.12. The number of aliphatic hydroxyl groups excluding tert-OH is 1. The van der Waals surface area contributed by atoms with Gasteiger partial charge in [0.2, 0.25) is 0 Å². The molecule has 0 fully saturated rings. The number of aryl methyl sites for hydroxylation is 1. The molecule has 0 saturated carbocycles. The smallest absolute Gasteiger partial charge is 0.119 e. The number of nitrogens with two attached hydrogens (primary N) is 1. The molecule has 2 rings (SSSR count). The maximum Gasteiger partial charge on any atom is 0.119 e. The van der Waals surface area contributed by atoms with Crippen LogP contribution in [-0.4, -0.2) is 37.6 Å². The van der Waals surface area contributed by atoms with E-state index in [1.54, 1.807) is 7.11 Å². The third-order valence-electron chi connectivity index (χ3n) is 3.65. The first-order valence-corrected chi connectivity index (χ1v) is 6.34. The first-order valence-electron chi connectivity index (χ1n) is 6.34. The van der Waals surface area contributed by atoms with Gasteiger partial charge in [-0.3, -0.25) is 0 Å². The highest BCUT2D eigenvalue weighted by Gasteiger charge is 2.34. The van der Waals surface area contributed by atoms with Gasteiger partial charge >= 0.3 is 0 Å². The van der Waals surface area contributed by atoms with Gasteiger partial charge in [0.1, 0.15) is 5.75 Å². The Morgan fingerprint density at radius 1 is 1.39 bits per heavy atom. The van der Waals surface area contributed by atoms with Crippen LogP contribution in [0.5, 0.6) is 5.75 Å². The fraction of sp³-hybridized carbons (Fsp3) is 0.571. The van der Waals surface area contributed by atoms with Crippen molar-refractivity contribution in [2.24, 2.45) is 5.73 Å². The van der Waals surface area contributed by atoms with Crippen LogP contribution in [-0.2, 0) is 17.6 Å². The molecular weight excluding hydrogens is 230 g/mol. The molecule has 100 valence electrons. The summed E-state index contributed by atoms with van der Waals surface area (Å²) in [6, 6.07) is 6.16. The van der Waals surface area contributed by atoms with Gasteiger partial charge in [0.15, 0.2) is 0 Å². The van der Waals surface area contributed by atoms with E-state index in [9.17, 15) is 0 Å². The van der Waals surface area contributed by atoms with E-state index in [2.05, 4.69) is 12.1 Å². The van der Waals surface area contributed by atoms with Gasteiger partial charge in [-0.05, 0) is 36.1 Å². The highest BCUT2D eigenvalue weighted by molar-refractivity contribution is 5.38. The number of benzene rings is 1. The van der Waals surface area contributed by atoms with Gasteiger partial charge < -0.3 is 20.3 Å². The number of fused-ring (bicyclic) bond motifs is 1. The number of hydrogen-bond acceptors (Lipinski definition) is 4. The Morgan fingerprint density at radius 3 is 2.89 bits per heavy atom. The van der Waals surface area contributed by atoms with Crippen molar-refractivity contribution >= 4 is 0 Å². The second-order valence-electron chi connectivity index (χ2n) is 4.77. The minimum atomic E-state index is -0.331. The van der Waals surface area contributed by atoms with E-state index >= 15 is 0 Å². The van der Waals surface area contributed by atoms with E-state index in [1.165, 1.54) is 11.1 Å². The Balaban J connectivity index is 2.20. The van der Waals surface area contributed by atoms with Crippen molar-refractivity contribution in [3.8, 4) is 5.75 Å². The van der Waals surface area contributed by atoms with Crippen LogP contribution in [0.1, 0.15) is 17.5 Å². The van der Waals surface area contributed by atoms with Gasteiger partial charge in [0, 0.05) is 13.0 Å². The van der Waals surface area contributed by atoms with Crippen molar-refractivity contribution in [2.75, 3.05) is 26.9 Å². The molecule has 1 aromatic rings. The third kappa shape index (κ3) is 2.66. The second kappa shape index (κ2) is 5.69. The molecule has 0 bridgehead atoms. The maximum absolute atomic E-state index is 8.90. The molecule has 3 N–H and O–H groups in total.